The second-order valence-corrected chi connectivity index (χ2v) is 10.6. The number of piperidine rings is 1. The number of imide groups is 1. The number of carbonyl (C=O) groups is 4. The molecule has 0 radical (unpaired) electrons. The number of hydrogen-bond acceptors (Lipinski definition) is 4. The smallest absolute Gasteiger partial charge is 0.341 e. The summed E-state index contributed by atoms with van der Waals surface area (Å²) in [5.41, 5.74) is -1.61. The van der Waals surface area contributed by atoms with Crippen LogP contribution in [0.4, 0.5) is 28.0 Å². The second-order valence-electron chi connectivity index (χ2n) is 10.6. The van der Waals surface area contributed by atoms with Gasteiger partial charge in [-0.15, -0.1) is 0 Å². The second kappa shape index (κ2) is 10.5. The SMILES string of the molecule is Cc1ccc(F)c(C(=O)N[C@@H](C(=O)N2CCC3(CC2)C(=O)N(C)C(=O)N3c2ccc(C(F)(F)F)cc2)C(C)C)c1. The summed E-state index contributed by atoms with van der Waals surface area (Å²) in [6.07, 6.45) is -4.48. The lowest BCUT2D eigenvalue weighted by atomic mass is 9.85. The van der Waals surface area contributed by atoms with Crippen molar-refractivity contribution in [2.45, 2.75) is 51.4 Å². The minimum Gasteiger partial charge on any atom is -0.341 e. The van der Waals surface area contributed by atoms with E-state index in [1.807, 2.05) is 0 Å². The standard InChI is InChI=1S/C28H30F4N4O4/c1-16(2)22(33-23(37)20-15-17(3)5-10-21(20)29)24(38)35-13-11-27(12-14-35)25(39)34(4)26(40)36(27)19-8-6-18(7-9-19)28(30,31)32/h5-10,15-16,22H,11-14H2,1-4H3,(H,33,37)/t22-/m1/s1. The fraction of sp³-hybridized carbons (Fsp3) is 0.429. The molecule has 0 aromatic heterocycles. The van der Waals surface area contributed by atoms with Crippen LogP contribution in [0.3, 0.4) is 0 Å². The normalized spacial score (nSPS) is 18.1. The van der Waals surface area contributed by atoms with E-state index in [1.165, 1.54) is 35.0 Å². The van der Waals surface area contributed by atoms with Gasteiger partial charge in [0, 0.05) is 25.8 Å². The highest BCUT2D eigenvalue weighted by Gasteiger charge is 2.58. The molecular weight excluding hydrogens is 532 g/mol. The number of hydrogen-bond donors (Lipinski definition) is 1. The highest BCUT2D eigenvalue weighted by atomic mass is 19.4. The maximum Gasteiger partial charge on any atom is 0.416 e. The molecule has 12 heteroatoms. The molecule has 1 atom stereocenters. The summed E-state index contributed by atoms with van der Waals surface area (Å²) in [5, 5.41) is 2.63. The van der Waals surface area contributed by atoms with E-state index in [-0.39, 0.29) is 43.1 Å². The van der Waals surface area contributed by atoms with Crippen molar-refractivity contribution in [3.8, 4) is 0 Å². The monoisotopic (exact) mass is 562 g/mol. The summed E-state index contributed by atoms with van der Waals surface area (Å²) in [6, 6.07) is 6.47. The molecule has 0 aliphatic carbocycles. The molecule has 1 N–H and O–H groups in total. The number of benzene rings is 2. The van der Waals surface area contributed by atoms with Crippen molar-refractivity contribution in [3.63, 3.8) is 0 Å². The van der Waals surface area contributed by atoms with E-state index in [2.05, 4.69) is 5.32 Å². The fourth-order valence-electron chi connectivity index (χ4n) is 5.26. The summed E-state index contributed by atoms with van der Waals surface area (Å²) in [4.78, 5) is 56.3. The van der Waals surface area contributed by atoms with Crippen molar-refractivity contribution in [2.24, 2.45) is 5.92 Å². The summed E-state index contributed by atoms with van der Waals surface area (Å²) < 4.78 is 53.5. The Morgan fingerprint density at radius 2 is 1.60 bits per heavy atom. The van der Waals surface area contributed by atoms with Gasteiger partial charge >= 0.3 is 12.2 Å². The van der Waals surface area contributed by atoms with E-state index < -0.39 is 52.9 Å². The zero-order valence-electron chi connectivity index (χ0n) is 22.5. The van der Waals surface area contributed by atoms with Crippen molar-refractivity contribution in [3.05, 3.63) is 65.0 Å². The molecule has 2 aromatic carbocycles. The molecule has 0 unspecified atom stereocenters. The van der Waals surface area contributed by atoms with Crippen LogP contribution in [0.25, 0.3) is 0 Å². The number of urea groups is 1. The number of anilines is 1. The Morgan fingerprint density at radius 1 is 1.00 bits per heavy atom. The molecule has 2 aliphatic rings. The average Bonchev–Trinajstić information content (AvgIpc) is 3.08. The highest BCUT2D eigenvalue weighted by Crippen LogP contribution is 2.41. The van der Waals surface area contributed by atoms with E-state index in [4.69, 9.17) is 0 Å². The lowest BCUT2D eigenvalue weighted by Gasteiger charge is -2.43. The number of carbonyl (C=O) groups excluding carboxylic acids is 4. The van der Waals surface area contributed by atoms with Crippen LogP contribution in [0.1, 0.15) is 48.2 Å². The Hall–Kier alpha value is -3.96. The number of likely N-dealkylation sites (N-methyl/N-ethyl adjacent to an activating group) is 1. The molecule has 2 aliphatic heterocycles. The van der Waals surface area contributed by atoms with Crippen LogP contribution in [-0.2, 0) is 15.8 Å². The predicted molar refractivity (Wildman–Crippen MR) is 138 cm³/mol. The molecule has 5 amide bonds. The molecule has 214 valence electrons. The summed E-state index contributed by atoms with van der Waals surface area (Å²) in [5.74, 6) is -2.71. The zero-order chi connectivity index (χ0) is 29.6. The zero-order valence-corrected chi connectivity index (χ0v) is 22.5. The molecule has 4 rings (SSSR count). The first kappa shape index (κ1) is 29.0. The molecule has 1 spiro atoms. The first-order valence-corrected chi connectivity index (χ1v) is 12.8. The van der Waals surface area contributed by atoms with E-state index >= 15 is 0 Å². The number of halogens is 4. The quantitative estimate of drug-likeness (QED) is 0.433. The molecule has 2 fully saturated rings. The number of amides is 5. The minimum atomic E-state index is -4.56. The Kier molecular flexibility index (Phi) is 7.66. The Labute approximate surface area is 228 Å². The third-order valence-electron chi connectivity index (χ3n) is 7.55. The molecule has 0 bridgehead atoms. The van der Waals surface area contributed by atoms with Gasteiger partial charge < -0.3 is 10.2 Å². The highest BCUT2D eigenvalue weighted by molar-refractivity contribution is 6.16. The average molecular weight is 563 g/mol. The number of alkyl halides is 3. The minimum absolute atomic E-state index is 0.0416. The van der Waals surface area contributed by atoms with E-state index in [0.29, 0.717) is 5.56 Å². The van der Waals surface area contributed by atoms with Crippen molar-refractivity contribution < 1.29 is 36.7 Å². The van der Waals surface area contributed by atoms with Gasteiger partial charge in [-0.3, -0.25) is 24.2 Å². The van der Waals surface area contributed by atoms with Crippen molar-refractivity contribution in [2.75, 3.05) is 25.0 Å². The van der Waals surface area contributed by atoms with E-state index in [1.54, 1.807) is 20.8 Å². The van der Waals surface area contributed by atoms with Gasteiger partial charge in [0.15, 0.2) is 0 Å². The summed E-state index contributed by atoms with van der Waals surface area (Å²) in [7, 11) is 1.31. The van der Waals surface area contributed by atoms with Gasteiger partial charge in [-0.05, 0) is 62.1 Å². The molecule has 0 saturated carbocycles. The first-order valence-electron chi connectivity index (χ1n) is 12.8. The van der Waals surface area contributed by atoms with Crippen molar-refractivity contribution in [1.29, 1.82) is 0 Å². The van der Waals surface area contributed by atoms with Crippen LogP contribution in [0.5, 0.6) is 0 Å². The fourth-order valence-corrected chi connectivity index (χ4v) is 5.26. The van der Waals surface area contributed by atoms with Crippen molar-refractivity contribution in [1.82, 2.24) is 15.1 Å². The molecule has 2 aromatic rings. The van der Waals surface area contributed by atoms with Crippen LogP contribution >= 0.6 is 0 Å². The lowest BCUT2D eigenvalue weighted by Crippen LogP contribution is -2.60. The maximum atomic E-state index is 14.3. The molecule has 2 heterocycles. The Morgan fingerprint density at radius 3 is 2.15 bits per heavy atom. The lowest BCUT2D eigenvalue weighted by molar-refractivity contribution is -0.139. The Bertz CT molecular complexity index is 1330. The van der Waals surface area contributed by atoms with E-state index in [0.717, 1.165) is 29.2 Å². The van der Waals surface area contributed by atoms with Gasteiger partial charge in [-0.1, -0.05) is 25.5 Å². The number of likely N-dealkylation sites (tertiary alicyclic amines) is 1. The van der Waals surface area contributed by atoms with Gasteiger partial charge in [-0.2, -0.15) is 13.2 Å². The van der Waals surface area contributed by atoms with E-state index in [9.17, 15) is 36.7 Å². The number of aryl methyl sites for hydroxylation is 1. The van der Waals surface area contributed by atoms with Gasteiger partial charge in [0.2, 0.25) is 5.91 Å². The van der Waals surface area contributed by atoms with Crippen LogP contribution in [0.15, 0.2) is 42.5 Å². The first-order chi connectivity index (χ1) is 18.7. The number of rotatable bonds is 5. The number of nitrogens with zero attached hydrogens (tertiary/aromatic N) is 3. The third kappa shape index (κ3) is 5.14. The third-order valence-corrected chi connectivity index (χ3v) is 7.55. The predicted octanol–water partition coefficient (Wildman–Crippen LogP) is 4.37. The van der Waals surface area contributed by atoms with Gasteiger partial charge in [0.05, 0.1) is 11.1 Å². The van der Waals surface area contributed by atoms with Gasteiger partial charge in [-0.25, -0.2) is 9.18 Å². The van der Waals surface area contributed by atoms with Crippen molar-refractivity contribution >= 4 is 29.4 Å². The van der Waals surface area contributed by atoms with Crippen LogP contribution in [-0.4, -0.2) is 65.3 Å². The Balaban J connectivity index is 1.54. The molecule has 40 heavy (non-hydrogen) atoms. The summed E-state index contributed by atoms with van der Waals surface area (Å²) in [6.45, 7) is 5.30. The molecule has 2 saturated heterocycles. The van der Waals surface area contributed by atoms with Crippen LogP contribution in [0, 0.1) is 18.7 Å². The largest absolute Gasteiger partial charge is 0.416 e. The summed E-state index contributed by atoms with van der Waals surface area (Å²) >= 11 is 0. The van der Waals surface area contributed by atoms with Gasteiger partial charge in [0.1, 0.15) is 17.4 Å². The van der Waals surface area contributed by atoms with Crippen LogP contribution < -0.4 is 10.2 Å². The van der Waals surface area contributed by atoms with Crippen LogP contribution in [0.2, 0.25) is 0 Å². The number of nitrogens with one attached hydrogen (secondary N) is 1. The molecular formula is C28H30F4N4O4. The maximum absolute atomic E-state index is 14.3. The molecule has 8 nitrogen and oxygen atoms in total. The topological polar surface area (TPSA) is 90.0 Å². The van der Waals surface area contributed by atoms with Gasteiger partial charge in [0.25, 0.3) is 11.8 Å².